The predicted octanol–water partition coefficient (Wildman–Crippen LogP) is 4.30. The van der Waals surface area contributed by atoms with Gasteiger partial charge >= 0.3 is 0 Å². The molecule has 5 heteroatoms. The molecule has 0 amide bonds. The van der Waals surface area contributed by atoms with E-state index in [9.17, 15) is 8.78 Å². The van der Waals surface area contributed by atoms with Gasteiger partial charge in [-0.15, -0.1) is 11.6 Å². The number of hydrogen-bond donors (Lipinski definition) is 0. The van der Waals surface area contributed by atoms with Gasteiger partial charge in [-0.2, -0.15) is 0 Å². The van der Waals surface area contributed by atoms with Gasteiger partial charge in [0, 0.05) is 6.54 Å². The van der Waals surface area contributed by atoms with Crippen molar-refractivity contribution in [1.82, 2.24) is 9.55 Å². The fourth-order valence-electron chi connectivity index (χ4n) is 2.45. The fraction of sp³-hybridized carbons (Fsp3) is 0.188. The second-order valence-electron chi connectivity index (χ2n) is 4.76. The number of benzene rings is 2. The lowest BCUT2D eigenvalue weighted by Crippen LogP contribution is -2.06. The molecule has 0 saturated heterocycles. The molecular formula is C16H13ClF2N2. The smallest absolute Gasteiger partial charge is 0.151 e. The second kappa shape index (κ2) is 5.82. The van der Waals surface area contributed by atoms with Crippen LogP contribution in [-0.2, 0) is 18.8 Å². The van der Waals surface area contributed by atoms with Crippen molar-refractivity contribution in [3.8, 4) is 0 Å². The van der Waals surface area contributed by atoms with Gasteiger partial charge in [-0.05, 0) is 30.2 Å². The molecule has 3 rings (SSSR count). The minimum absolute atomic E-state index is 0.186. The van der Waals surface area contributed by atoms with E-state index < -0.39 is 0 Å². The summed E-state index contributed by atoms with van der Waals surface area (Å²) in [4.78, 5) is 4.23. The Morgan fingerprint density at radius 3 is 2.52 bits per heavy atom. The molecule has 0 bridgehead atoms. The number of halogens is 3. The summed E-state index contributed by atoms with van der Waals surface area (Å²) in [5, 5.41) is 0. The first-order valence-electron chi connectivity index (χ1n) is 6.63. The van der Waals surface area contributed by atoms with Gasteiger partial charge < -0.3 is 4.57 Å². The summed E-state index contributed by atoms with van der Waals surface area (Å²) < 4.78 is 29.3. The molecule has 0 aliphatic rings. The first kappa shape index (κ1) is 14.0. The first-order chi connectivity index (χ1) is 10.2. The molecule has 0 aliphatic carbocycles. The van der Waals surface area contributed by atoms with Gasteiger partial charge in [-0.1, -0.05) is 24.3 Å². The molecule has 0 radical (unpaired) electrons. The van der Waals surface area contributed by atoms with Crippen LogP contribution in [0.3, 0.4) is 0 Å². The summed E-state index contributed by atoms with van der Waals surface area (Å²) in [5.41, 5.74) is 1.61. The Morgan fingerprint density at radius 1 is 1.00 bits per heavy atom. The Balaban J connectivity index is 1.97. The average molecular weight is 307 g/mol. The van der Waals surface area contributed by atoms with Gasteiger partial charge in [0.15, 0.2) is 5.82 Å². The van der Waals surface area contributed by atoms with E-state index in [1.54, 1.807) is 30.3 Å². The van der Waals surface area contributed by atoms with Crippen molar-refractivity contribution in [2.75, 3.05) is 0 Å². The van der Waals surface area contributed by atoms with E-state index in [0.717, 1.165) is 0 Å². The van der Waals surface area contributed by atoms with Crippen LogP contribution >= 0.6 is 11.6 Å². The van der Waals surface area contributed by atoms with Crippen molar-refractivity contribution < 1.29 is 8.78 Å². The molecule has 0 aliphatic heterocycles. The van der Waals surface area contributed by atoms with E-state index >= 15 is 0 Å². The van der Waals surface area contributed by atoms with Crippen LogP contribution in [0.2, 0.25) is 0 Å². The van der Waals surface area contributed by atoms with Gasteiger partial charge in [0.05, 0.1) is 11.4 Å². The predicted molar refractivity (Wildman–Crippen MR) is 79.4 cm³/mol. The summed E-state index contributed by atoms with van der Waals surface area (Å²) in [5.74, 6) is 0.169. The van der Waals surface area contributed by atoms with Crippen LogP contribution in [-0.4, -0.2) is 9.55 Å². The highest BCUT2D eigenvalue weighted by atomic mass is 35.5. The Labute approximate surface area is 126 Å². The molecule has 1 aromatic heterocycles. The Hall–Kier alpha value is -1.94. The first-order valence-corrected chi connectivity index (χ1v) is 7.17. The average Bonchev–Trinajstić information content (AvgIpc) is 2.86. The molecule has 2 nitrogen and oxygen atoms in total. The van der Waals surface area contributed by atoms with E-state index in [0.29, 0.717) is 35.4 Å². The maximum Gasteiger partial charge on any atom is 0.151 e. The van der Waals surface area contributed by atoms with Crippen LogP contribution in [0, 0.1) is 11.6 Å². The van der Waals surface area contributed by atoms with Crippen LogP contribution in [0.15, 0.2) is 42.5 Å². The van der Waals surface area contributed by atoms with Crippen LogP contribution in [0.5, 0.6) is 0 Å². The largest absolute Gasteiger partial charge is 0.327 e. The van der Waals surface area contributed by atoms with Crippen molar-refractivity contribution in [3.05, 3.63) is 65.5 Å². The minimum atomic E-state index is -0.372. The lowest BCUT2D eigenvalue weighted by molar-refractivity contribution is 0.593. The maximum atomic E-state index is 13.8. The lowest BCUT2D eigenvalue weighted by atomic mass is 10.1. The zero-order valence-corrected chi connectivity index (χ0v) is 11.9. The summed E-state index contributed by atoms with van der Waals surface area (Å²) in [7, 11) is 0. The molecule has 0 fully saturated rings. The van der Waals surface area contributed by atoms with E-state index in [1.165, 1.54) is 12.1 Å². The third-order valence-corrected chi connectivity index (χ3v) is 3.73. The van der Waals surface area contributed by atoms with E-state index in [-0.39, 0.29) is 17.5 Å². The van der Waals surface area contributed by atoms with Crippen LogP contribution in [0.25, 0.3) is 11.0 Å². The van der Waals surface area contributed by atoms with Crippen molar-refractivity contribution >= 4 is 22.6 Å². The molecule has 0 saturated carbocycles. The molecule has 3 aromatic rings. The summed E-state index contributed by atoms with van der Waals surface area (Å²) >= 11 is 5.89. The normalized spacial score (nSPS) is 11.2. The molecule has 21 heavy (non-hydrogen) atoms. The number of aryl methyl sites for hydroxylation is 2. The number of imidazole rings is 1. The summed E-state index contributed by atoms with van der Waals surface area (Å²) in [6.07, 6.45) is 0.499. The van der Waals surface area contributed by atoms with Crippen molar-refractivity contribution in [2.24, 2.45) is 0 Å². The van der Waals surface area contributed by atoms with Gasteiger partial charge in [-0.3, -0.25) is 0 Å². The van der Waals surface area contributed by atoms with Crippen molar-refractivity contribution in [2.45, 2.75) is 18.8 Å². The number of rotatable bonds is 4. The molecule has 0 atom stereocenters. The zero-order chi connectivity index (χ0) is 14.8. The number of aromatic nitrogens is 2. The number of alkyl halides is 1. The number of hydrogen-bond acceptors (Lipinski definition) is 1. The molecule has 0 spiro atoms. The molecule has 2 aromatic carbocycles. The molecule has 108 valence electrons. The molecule has 0 unspecified atom stereocenters. The van der Waals surface area contributed by atoms with Gasteiger partial charge in [0.1, 0.15) is 17.2 Å². The minimum Gasteiger partial charge on any atom is -0.327 e. The van der Waals surface area contributed by atoms with Crippen molar-refractivity contribution in [3.63, 3.8) is 0 Å². The second-order valence-corrected chi connectivity index (χ2v) is 5.03. The Morgan fingerprint density at radius 2 is 1.76 bits per heavy atom. The van der Waals surface area contributed by atoms with E-state index in [1.807, 2.05) is 4.57 Å². The van der Waals surface area contributed by atoms with E-state index in [4.69, 9.17) is 11.6 Å². The van der Waals surface area contributed by atoms with Gasteiger partial charge in [0.2, 0.25) is 0 Å². The maximum absolute atomic E-state index is 13.8. The molecule has 1 heterocycles. The third-order valence-electron chi connectivity index (χ3n) is 3.49. The summed E-state index contributed by atoms with van der Waals surface area (Å²) in [6.45, 7) is 0.503. The third kappa shape index (κ3) is 2.63. The number of nitrogens with zero attached hydrogens (tertiary/aromatic N) is 2. The van der Waals surface area contributed by atoms with Gasteiger partial charge in [-0.25, -0.2) is 13.8 Å². The summed E-state index contributed by atoms with van der Waals surface area (Å²) in [6, 6.07) is 11.4. The van der Waals surface area contributed by atoms with E-state index in [2.05, 4.69) is 4.98 Å². The van der Waals surface area contributed by atoms with Crippen LogP contribution in [0.1, 0.15) is 11.4 Å². The standard InChI is InChI=1S/C16H13ClF2N2/c17-10-15-20-16-13(19)6-3-7-14(16)21(15)9-8-11-4-1-2-5-12(11)18/h1-7H,8-10H2. The Kier molecular flexibility index (Phi) is 3.88. The van der Waals surface area contributed by atoms with Crippen LogP contribution < -0.4 is 0 Å². The highest BCUT2D eigenvalue weighted by Gasteiger charge is 2.13. The zero-order valence-electron chi connectivity index (χ0n) is 11.2. The highest BCUT2D eigenvalue weighted by Crippen LogP contribution is 2.21. The highest BCUT2D eigenvalue weighted by molar-refractivity contribution is 6.16. The van der Waals surface area contributed by atoms with Crippen LogP contribution in [0.4, 0.5) is 8.78 Å². The molecule has 0 N–H and O–H groups in total. The molecular weight excluding hydrogens is 294 g/mol. The monoisotopic (exact) mass is 306 g/mol. The topological polar surface area (TPSA) is 17.8 Å². The SMILES string of the molecule is Fc1ccccc1CCn1c(CCl)nc2c(F)cccc21. The fourth-order valence-corrected chi connectivity index (χ4v) is 2.65. The quantitative estimate of drug-likeness (QED) is 0.657. The van der Waals surface area contributed by atoms with Gasteiger partial charge in [0.25, 0.3) is 0 Å². The van der Waals surface area contributed by atoms with Crippen molar-refractivity contribution in [1.29, 1.82) is 0 Å². The number of fused-ring (bicyclic) bond motifs is 1. The lowest BCUT2D eigenvalue weighted by Gasteiger charge is -2.08. The number of para-hydroxylation sites is 1. The Bertz CT molecular complexity index is 783.